The topological polar surface area (TPSA) is 44.9 Å². The lowest BCUT2D eigenvalue weighted by atomic mass is 9.84. The lowest BCUT2D eigenvalue weighted by Crippen LogP contribution is -2.36. The molecule has 0 saturated heterocycles. The van der Waals surface area contributed by atoms with E-state index in [0.29, 0.717) is 12.1 Å². The summed E-state index contributed by atoms with van der Waals surface area (Å²) >= 11 is 0. The van der Waals surface area contributed by atoms with E-state index >= 15 is 0 Å². The highest BCUT2D eigenvalue weighted by molar-refractivity contribution is 5.94. The average molecular weight is 292 g/mol. The molecule has 0 radical (unpaired) electrons. The molecule has 0 atom stereocenters. The zero-order chi connectivity index (χ0) is 15.6. The number of carbonyl (C=O) groups excluding carboxylic acids is 1. The molecule has 3 nitrogen and oxygen atoms in total. The van der Waals surface area contributed by atoms with Gasteiger partial charge in [-0.25, -0.2) is 0 Å². The zero-order valence-electron chi connectivity index (χ0n) is 12.9. The van der Waals surface area contributed by atoms with Crippen LogP contribution in [0.1, 0.15) is 29.8 Å². The van der Waals surface area contributed by atoms with Crippen molar-refractivity contribution in [3.05, 3.63) is 71.9 Å². The number of hydrogen-bond acceptors (Lipinski definition) is 1. The first-order chi connectivity index (χ1) is 10.6. The molecule has 3 heteroatoms. The van der Waals surface area contributed by atoms with Crippen molar-refractivity contribution in [2.24, 2.45) is 0 Å². The fourth-order valence-corrected chi connectivity index (χ4v) is 2.72. The van der Waals surface area contributed by atoms with Crippen molar-refractivity contribution in [3.8, 4) is 0 Å². The average Bonchev–Trinajstić information content (AvgIpc) is 2.98. The van der Waals surface area contributed by atoms with Crippen LogP contribution in [0.3, 0.4) is 0 Å². The van der Waals surface area contributed by atoms with Gasteiger partial charge in [0.15, 0.2) is 0 Å². The van der Waals surface area contributed by atoms with Crippen molar-refractivity contribution in [1.29, 1.82) is 0 Å². The third kappa shape index (κ3) is 2.75. The molecule has 3 rings (SSSR count). The summed E-state index contributed by atoms with van der Waals surface area (Å²) in [6, 6.07) is 17.6. The molecule has 2 aromatic carbocycles. The summed E-state index contributed by atoms with van der Waals surface area (Å²) in [7, 11) is 0. The number of hydrogen-bond donors (Lipinski definition) is 2. The highest BCUT2D eigenvalue weighted by Crippen LogP contribution is 2.29. The van der Waals surface area contributed by atoms with Gasteiger partial charge in [0.25, 0.3) is 5.91 Å². The number of carbonyl (C=O) groups is 1. The zero-order valence-corrected chi connectivity index (χ0v) is 12.9. The Hall–Kier alpha value is -2.55. The molecule has 22 heavy (non-hydrogen) atoms. The predicted molar refractivity (Wildman–Crippen MR) is 90.1 cm³/mol. The molecule has 0 aliphatic rings. The number of H-pyrrole nitrogens is 1. The van der Waals surface area contributed by atoms with E-state index in [1.54, 1.807) is 0 Å². The summed E-state index contributed by atoms with van der Waals surface area (Å²) in [6.45, 7) is 4.88. The first kappa shape index (κ1) is 14.4. The predicted octanol–water partition coefficient (Wildman–Crippen LogP) is 3.88. The van der Waals surface area contributed by atoms with E-state index in [9.17, 15) is 4.79 Å². The van der Waals surface area contributed by atoms with Crippen LogP contribution < -0.4 is 5.32 Å². The third-order valence-corrected chi connectivity index (χ3v) is 4.05. The molecule has 3 aromatic rings. The first-order valence-corrected chi connectivity index (χ1v) is 7.48. The van der Waals surface area contributed by atoms with Crippen LogP contribution >= 0.6 is 0 Å². The molecule has 1 amide bonds. The number of amides is 1. The molecule has 1 aromatic heterocycles. The summed E-state index contributed by atoms with van der Waals surface area (Å²) in [6.07, 6.45) is 2.04. The molecule has 0 bridgehead atoms. The van der Waals surface area contributed by atoms with E-state index in [2.05, 4.69) is 36.3 Å². The Morgan fingerprint density at radius 3 is 2.50 bits per heavy atom. The van der Waals surface area contributed by atoms with Gasteiger partial charge in [0, 0.05) is 34.6 Å². The highest BCUT2D eigenvalue weighted by atomic mass is 16.1. The maximum absolute atomic E-state index is 12.2. The second kappa shape index (κ2) is 5.68. The molecule has 0 saturated carbocycles. The molecule has 0 spiro atoms. The second-order valence-corrected chi connectivity index (χ2v) is 6.18. The maximum atomic E-state index is 12.2. The first-order valence-electron chi connectivity index (χ1n) is 7.48. The minimum absolute atomic E-state index is 0.0338. The largest absolute Gasteiger partial charge is 0.361 e. The van der Waals surface area contributed by atoms with Crippen LogP contribution in [-0.2, 0) is 5.41 Å². The highest BCUT2D eigenvalue weighted by Gasteiger charge is 2.24. The molecule has 0 aliphatic carbocycles. The van der Waals surface area contributed by atoms with Crippen molar-refractivity contribution in [1.82, 2.24) is 10.3 Å². The van der Waals surface area contributed by atoms with Gasteiger partial charge in [-0.15, -0.1) is 0 Å². The fraction of sp³-hybridized carbons (Fsp3) is 0.211. The van der Waals surface area contributed by atoms with Gasteiger partial charge in [0.05, 0.1) is 0 Å². The van der Waals surface area contributed by atoms with E-state index < -0.39 is 0 Å². The lowest BCUT2D eigenvalue weighted by molar-refractivity contribution is 0.0946. The number of fused-ring (bicyclic) bond motifs is 1. The van der Waals surface area contributed by atoms with E-state index in [-0.39, 0.29) is 11.3 Å². The molecule has 112 valence electrons. The third-order valence-electron chi connectivity index (χ3n) is 4.05. The molecule has 2 N–H and O–H groups in total. The van der Waals surface area contributed by atoms with Gasteiger partial charge in [-0.05, 0) is 23.8 Å². The Morgan fingerprint density at radius 1 is 1.05 bits per heavy atom. The van der Waals surface area contributed by atoms with Crippen LogP contribution in [0.4, 0.5) is 0 Å². The van der Waals surface area contributed by atoms with E-state index in [1.165, 1.54) is 10.9 Å². The lowest BCUT2D eigenvalue weighted by Gasteiger charge is -2.25. The van der Waals surface area contributed by atoms with E-state index in [0.717, 1.165) is 5.52 Å². The number of benzene rings is 2. The van der Waals surface area contributed by atoms with Crippen LogP contribution in [0.25, 0.3) is 10.9 Å². The normalized spacial score (nSPS) is 11.5. The molecular formula is C19H20N2O. The number of rotatable bonds is 4. The maximum Gasteiger partial charge on any atom is 0.251 e. The van der Waals surface area contributed by atoms with Crippen molar-refractivity contribution < 1.29 is 4.79 Å². The second-order valence-electron chi connectivity index (χ2n) is 6.18. The van der Waals surface area contributed by atoms with Gasteiger partial charge in [0.2, 0.25) is 0 Å². The van der Waals surface area contributed by atoms with E-state index in [1.807, 2.05) is 48.7 Å². The van der Waals surface area contributed by atoms with Crippen LogP contribution in [0.15, 0.2) is 60.8 Å². The van der Waals surface area contributed by atoms with Crippen molar-refractivity contribution in [2.75, 3.05) is 6.54 Å². The number of para-hydroxylation sites is 1. The number of nitrogens with one attached hydrogen (secondary N) is 2. The summed E-state index contributed by atoms with van der Waals surface area (Å²) < 4.78 is 0. The standard InChI is InChI=1S/C19H20N2O/c1-19(2,13-21-18(22)14-8-4-3-5-9-14)16-12-20-17-11-7-6-10-15(16)17/h3-12,20H,13H2,1-2H3,(H,21,22). The number of aromatic nitrogens is 1. The Balaban J connectivity index is 1.78. The molecule has 0 fully saturated rings. The van der Waals surface area contributed by atoms with Crippen LogP contribution in [0.2, 0.25) is 0 Å². The van der Waals surface area contributed by atoms with Crippen LogP contribution in [0, 0.1) is 0 Å². The minimum atomic E-state index is -0.149. The van der Waals surface area contributed by atoms with Crippen molar-refractivity contribution >= 4 is 16.8 Å². The van der Waals surface area contributed by atoms with Crippen molar-refractivity contribution in [2.45, 2.75) is 19.3 Å². The smallest absolute Gasteiger partial charge is 0.251 e. The fourth-order valence-electron chi connectivity index (χ4n) is 2.72. The van der Waals surface area contributed by atoms with Gasteiger partial charge in [-0.1, -0.05) is 50.2 Å². The Labute approximate surface area is 130 Å². The van der Waals surface area contributed by atoms with Crippen LogP contribution in [-0.4, -0.2) is 17.4 Å². The van der Waals surface area contributed by atoms with Gasteiger partial charge in [-0.2, -0.15) is 0 Å². The van der Waals surface area contributed by atoms with Gasteiger partial charge in [-0.3, -0.25) is 4.79 Å². The Morgan fingerprint density at radius 2 is 1.73 bits per heavy atom. The molecular weight excluding hydrogens is 272 g/mol. The van der Waals surface area contributed by atoms with Crippen molar-refractivity contribution in [3.63, 3.8) is 0 Å². The van der Waals surface area contributed by atoms with Crippen LogP contribution in [0.5, 0.6) is 0 Å². The van der Waals surface area contributed by atoms with Gasteiger partial charge >= 0.3 is 0 Å². The summed E-state index contributed by atoms with van der Waals surface area (Å²) in [4.78, 5) is 15.5. The van der Waals surface area contributed by atoms with Gasteiger partial charge in [0.1, 0.15) is 0 Å². The van der Waals surface area contributed by atoms with Gasteiger partial charge < -0.3 is 10.3 Å². The molecule has 0 aliphatic heterocycles. The quantitative estimate of drug-likeness (QED) is 0.753. The summed E-state index contributed by atoms with van der Waals surface area (Å²) in [5, 5.41) is 4.25. The molecule has 0 unspecified atom stereocenters. The SMILES string of the molecule is CC(C)(CNC(=O)c1ccccc1)c1c[nH]c2ccccc12. The van der Waals surface area contributed by atoms with E-state index in [4.69, 9.17) is 0 Å². The Kier molecular flexibility index (Phi) is 3.72. The molecule has 1 heterocycles. The Bertz CT molecular complexity index is 787. The summed E-state index contributed by atoms with van der Waals surface area (Å²) in [5.41, 5.74) is 2.89. The summed E-state index contributed by atoms with van der Waals surface area (Å²) in [5.74, 6) is -0.0338. The minimum Gasteiger partial charge on any atom is -0.361 e. The number of aromatic amines is 1. The monoisotopic (exact) mass is 292 g/mol.